The molecule has 9 rings (SSSR count). The highest BCUT2D eigenvalue weighted by atomic mass is 16.5. The number of carboxylic acids is 1. The number of rotatable bonds is 7. The van der Waals surface area contributed by atoms with E-state index in [4.69, 9.17) is 9.47 Å². The van der Waals surface area contributed by atoms with E-state index in [-0.39, 0.29) is 45.1 Å². The highest BCUT2D eigenvalue weighted by molar-refractivity contribution is 5.84. The van der Waals surface area contributed by atoms with Crippen LogP contribution < -0.4 is 0 Å². The molecule has 0 bridgehead atoms. The van der Waals surface area contributed by atoms with Crippen LogP contribution in [0.15, 0.2) is 0 Å². The Labute approximate surface area is 338 Å². The molecule has 13 atom stereocenters. The van der Waals surface area contributed by atoms with Crippen molar-refractivity contribution in [1.82, 2.24) is 9.80 Å². The standard InChI is InChI=1S/C48H76N2O6/c1-42(2)33(39(51)52)28-34(42)40(53)56-37-15-16-45(6)35(43(37,3)4)14-17-47(8)36(45)12-11-32-38-31(44(5)19-20-44)13-18-48(38,22-21-46(32,47)7)41(54)50-23-9-10-30(50)29-49-24-26-55-27-25-49/h30-38H,9-29H2,1-8H3,(H,51,52)/t30-,31+,32+,33-,34+,35-,36+,37-,38+,45-,46+,47+,48-/m0/s1. The molecule has 7 aliphatic carbocycles. The summed E-state index contributed by atoms with van der Waals surface area (Å²) in [6.45, 7) is 24.8. The molecule has 0 aromatic rings. The molecule has 0 aromatic carbocycles. The van der Waals surface area contributed by atoms with Gasteiger partial charge in [-0.25, -0.2) is 0 Å². The third kappa shape index (κ3) is 5.50. The van der Waals surface area contributed by atoms with Crippen molar-refractivity contribution < 1.29 is 29.0 Å². The van der Waals surface area contributed by atoms with Crippen molar-refractivity contribution in [3.63, 3.8) is 0 Å². The van der Waals surface area contributed by atoms with Crippen LogP contribution in [0.2, 0.25) is 0 Å². The number of hydrogen-bond donors (Lipinski definition) is 1. The van der Waals surface area contributed by atoms with Crippen LogP contribution in [0, 0.1) is 79.3 Å². The van der Waals surface area contributed by atoms with E-state index in [0.717, 1.165) is 84.3 Å². The molecule has 7 saturated carbocycles. The summed E-state index contributed by atoms with van der Waals surface area (Å²) in [6.07, 6.45) is 16.7. The van der Waals surface area contributed by atoms with Gasteiger partial charge in [0.05, 0.1) is 30.5 Å². The fourth-order valence-electron chi connectivity index (χ4n) is 17.1. The Morgan fingerprint density at radius 1 is 0.696 bits per heavy atom. The Morgan fingerprint density at radius 2 is 1.43 bits per heavy atom. The second-order valence-electron chi connectivity index (χ2n) is 23.6. The molecule has 8 nitrogen and oxygen atoms in total. The zero-order valence-corrected chi connectivity index (χ0v) is 36.4. The van der Waals surface area contributed by atoms with Gasteiger partial charge in [0.25, 0.3) is 0 Å². The number of hydrogen-bond acceptors (Lipinski definition) is 6. The van der Waals surface area contributed by atoms with Crippen molar-refractivity contribution >= 4 is 17.8 Å². The molecule has 0 aromatic heterocycles. The first kappa shape index (κ1) is 39.8. The van der Waals surface area contributed by atoms with Crippen molar-refractivity contribution in [1.29, 1.82) is 0 Å². The molecule has 0 spiro atoms. The summed E-state index contributed by atoms with van der Waals surface area (Å²) in [7, 11) is 0. The first-order chi connectivity index (χ1) is 26.3. The van der Waals surface area contributed by atoms with Crippen molar-refractivity contribution in [2.45, 2.75) is 164 Å². The van der Waals surface area contributed by atoms with E-state index < -0.39 is 17.3 Å². The number of carboxylic acid groups (broad SMARTS) is 1. The first-order valence-corrected chi connectivity index (χ1v) is 23.4. The van der Waals surface area contributed by atoms with E-state index in [2.05, 4.69) is 51.3 Å². The molecule has 314 valence electrons. The average molecular weight is 777 g/mol. The minimum atomic E-state index is -0.804. The molecule has 0 unspecified atom stereocenters. The Kier molecular flexibility index (Phi) is 9.35. The monoisotopic (exact) mass is 777 g/mol. The highest BCUT2D eigenvalue weighted by Gasteiger charge is 2.74. The topological polar surface area (TPSA) is 96.4 Å². The van der Waals surface area contributed by atoms with Gasteiger partial charge in [0.2, 0.25) is 5.91 Å². The van der Waals surface area contributed by atoms with Crippen LogP contribution in [-0.4, -0.2) is 84.3 Å². The number of ether oxygens (including phenoxy) is 2. The Hall–Kier alpha value is -1.67. The summed E-state index contributed by atoms with van der Waals surface area (Å²) in [4.78, 5) is 46.0. The van der Waals surface area contributed by atoms with E-state index in [1.807, 2.05) is 13.8 Å². The number of likely N-dealkylation sites (tertiary alicyclic amines) is 1. The van der Waals surface area contributed by atoms with Gasteiger partial charge in [-0.2, -0.15) is 0 Å². The van der Waals surface area contributed by atoms with Crippen LogP contribution in [0.3, 0.4) is 0 Å². The number of morpholine rings is 1. The van der Waals surface area contributed by atoms with Crippen LogP contribution >= 0.6 is 0 Å². The summed E-state index contributed by atoms with van der Waals surface area (Å²) in [5, 5.41) is 9.70. The van der Waals surface area contributed by atoms with Crippen molar-refractivity contribution in [2.24, 2.45) is 79.3 Å². The largest absolute Gasteiger partial charge is 0.481 e. The number of fused-ring (bicyclic) bond motifs is 7. The van der Waals surface area contributed by atoms with Gasteiger partial charge in [-0.05, 0) is 153 Å². The van der Waals surface area contributed by atoms with Gasteiger partial charge in [0, 0.05) is 37.6 Å². The quantitative estimate of drug-likeness (QED) is 0.258. The molecule has 2 heterocycles. The lowest BCUT2D eigenvalue weighted by atomic mass is 9.32. The summed E-state index contributed by atoms with van der Waals surface area (Å²) in [6, 6.07) is 0.350. The van der Waals surface area contributed by atoms with Gasteiger partial charge < -0.3 is 19.5 Å². The third-order valence-corrected chi connectivity index (χ3v) is 21.1. The van der Waals surface area contributed by atoms with Crippen LogP contribution in [0.4, 0.5) is 0 Å². The van der Waals surface area contributed by atoms with Crippen LogP contribution in [0.25, 0.3) is 0 Å². The van der Waals surface area contributed by atoms with E-state index >= 15 is 4.79 Å². The van der Waals surface area contributed by atoms with Crippen LogP contribution in [0.1, 0.15) is 152 Å². The summed E-state index contributed by atoms with van der Waals surface area (Å²) in [5.74, 6) is 1.57. The predicted molar refractivity (Wildman–Crippen MR) is 216 cm³/mol. The predicted octanol–water partition coefficient (Wildman–Crippen LogP) is 8.85. The fourth-order valence-corrected chi connectivity index (χ4v) is 17.1. The molecular formula is C48H76N2O6. The Balaban J connectivity index is 0.966. The molecule has 0 radical (unpaired) electrons. The maximum absolute atomic E-state index is 15.5. The smallest absolute Gasteiger partial charge is 0.309 e. The maximum atomic E-state index is 15.5. The number of carbonyl (C=O) groups excluding carboxylic acids is 2. The average Bonchev–Trinajstić information content (AvgIpc) is 3.51. The lowest BCUT2D eigenvalue weighted by Crippen LogP contribution is -2.68. The highest BCUT2D eigenvalue weighted by Crippen LogP contribution is 2.79. The zero-order chi connectivity index (χ0) is 39.8. The summed E-state index contributed by atoms with van der Waals surface area (Å²) >= 11 is 0. The lowest BCUT2D eigenvalue weighted by Gasteiger charge is -2.73. The molecule has 56 heavy (non-hydrogen) atoms. The SMILES string of the molecule is CC1([C@@H]2CC[C@]3(C(=O)N4CCC[C@H]4CN4CCOCC4)CC[C@]4(C)[C@H](CC[C@@H]5[C@@]6(C)CC[C@H](OC(=O)[C@H]7C[C@@H](C(=O)O)C7(C)C)C(C)(C)[C@@H]6CC[C@]54C)[C@@H]23)CC1. The second-order valence-corrected chi connectivity index (χ2v) is 23.6. The number of amides is 1. The van der Waals surface area contributed by atoms with Gasteiger partial charge >= 0.3 is 11.9 Å². The minimum absolute atomic E-state index is 0.137. The van der Waals surface area contributed by atoms with Crippen molar-refractivity contribution in [3.05, 3.63) is 0 Å². The molecular weight excluding hydrogens is 701 g/mol. The number of esters is 1. The third-order valence-electron chi connectivity index (χ3n) is 21.1. The molecule has 1 amide bonds. The van der Waals surface area contributed by atoms with E-state index in [1.165, 1.54) is 44.9 Å². The molecule has 9 aliphatic rings. The molecule has 8 heteroatoms. The first-order valence-electron chi connectivity index (χ1n) is 23.4. The minimum Gasteiger partial charge on any atom is -0.481 e. The zero-order valence-electron chi connectivity index (χ0n) is 36.4. The van der Waals surface area contributed by atoms with Crippen LogP contribution in [0.5, 0.6) is 0 Å². The van der Waals surface area contributed by atoms with Gasteiger partial charge in [-0.15, -0.1) is 0 Å². The van der Waals surface area contributed by atoms with Gasteiger partial charge in [0.15, 0.2) is 0 Å². The molecule has 2 aliphatic heterocycles. The van der Waals surface area contributed by atoms with Gasteiger partial charge in [-0.1, -0.05) is 55.4 Å². The Bertz CT molecular complexity index is 1600. The van der Waals surface area contributed by atoms with Gasteiger partial charge in [-0.3, -0.25) is 19.3 Å². The summed E-state index contributed by atoms with van der Waals surface area (Å²) in [5.41, 5.74) is 0.0708. The van der Waals surface area contributed by atoms with Crippen LogP contribution in [-0.2, 0) is 23.9 Å². The maximum Gasteiger partial charge on any atom is 0.309 e. The van der Waals surface area contributed by atoms with Crippen molar-refractivity contribution in [2.75, 3.05) is 39.4 Å². The van der Waals surface area contributed by atoms with Gasteiger partial charge in [0.1, 0.15) is 6.10 Å². The number of nitrogens with zero attached hydrogens (tertiary/aromatic N) is 2. The number of carbonyl (C=O) groups is 3. The number of aliphatic carboxylic acids is 1. The van der Waals surface area contributed by atoms with E-state index in [0.29, 0.717) is 53.4 Å². The van der Waals surface area contributed by atoms with E-state index in [1.54, 1.807) is 0 Å². The Morgan fingerprint density at radius 3 is 2.11 bits per heavy atom. The normalized spacial score (nSPS) is 48.7. The van der Waals surface area contributed by atoms with Crippen molar-refractivity contribution in [3.8, 4) is 0 Å². The summed E-state index contributed by atoms with van der Waals surface area (Å²) < 4.78 is 12.2. The molecule has 2 saturated heterocycles. The lowest BCUT2D eigenvalue weighted by molar-refractivity contribution is -0.253. The van der Waals surface area contributed by atoms with E-state index in [9.17, 15) is 14.7 Å². The fraction of sp³-hybridized carbons (Fsp3) is 0.938. The molecule has 1 N–H and O–H groups in total. The molecule has 9 fully saturated rings. The second kappa shape index (κ2) is 13.2.